The maximum atomic E-state index is 13.1. The monoisotopic (exact) mass is 623 g/mol. The number of carboxylic acid groups (broad SMARTS) is 1. The van der Waals surface area contributed by atoms with E-state index in [0.717, 1.165) is 41.6 Å². The molecule has 0 bridgehead atoms. The molecule has 1 saturated heterocycles. The van der Waals surface area contributed by atoms with Crippen molar-refractivity contribution in [1.29, 1.82) is 0 Å². The molecule has 1 fully saturated rings. The van der Waals surface area contributed by atoms with Crippen LogP contribution in [0.3, 0.4) is 0 Å². The molecule has 1 aliphatic rings. The fourth-order valence-corrected chi connectivity index (χ4v) is 6.07. The lowest BCUT2D eigenvalue weighted by atomic mass is 9.86. The predicted molar refractivity (Wildman–Crippen MR) is 150 cm³/mol. The number of nitrogens with two attached hydrogens (primary N) is 1. The number of anilines is 1. The Kier molecular flexibility index (Phi) is 9.12. The smallest absolute Gasteiger partial charge is 0.362 e. The summed E-state index contributed by atoms with van der Waals surface area (Å²) >= 11 is 0.996. The van der Waals surface area contributed by atoms with Crippen molar-refractivity contribution in [2.24, 2.45) is 18.1 Å². The number of aliphatic carboxylic acids is 1. The number of fused-ring (bicyclic) bond motifs is 1. The molecule has 42 heavy (non-hydrogen) atoms. The van der Waals surface area contributed by atoms with Crippen LogP contribution in [-0.4, -0.2) is 74.2 Å². The van der Waals surface area contributed by atoms with Gasteiger partial charge in [0.15, 0.2) is 23.7 Å². The Morgan fingerprint density at radius 3 is 2.67 bits per heavy atom. The molecule has 17 heteroatoms. The first-order valence-electron chi connectivity index (χ1n) is 13.0. The zero-order valence-electron chi connectivity index (χ0n) is 23.0. The number of amides is 1. The lowest BCUT2D eigenvalue weighted by Crippen LogP contribution is -2.62. The predicted octanol–water partition coefficient (Wildman–Crippen LogP) is 1.17. The second-order valence-corrected chi connectivity index (χ2v) is 11.9. The number of thiazole rings is 1. The van der Waals surface area contributed by atoms with Crippen molar-refractivity contribution in [3.05, 3.63) is 35.5 Å². The Labute approximate surface area is 245 Å². The van der Waals surface area contributed by atoms with Gasteiger partial charge in [0.1, 0.15) is 23.6 Å². The fourth-order valence-electron chi connectivity index (χ4n) is 4.59. The van der Waals surface area contributed by atoms with Crippen LogP contribution in [0.2, 0.25) is 0 Å². The number of hydrogen-bond acceptors (Lipinski definition) is 11. The second-order valence-electron chi connectivity index (χ2n) is 9.74. The summed E-state index contributed by atoms with van der Waals surface area (Å²) in [5.74, 6) is -3.80. The van der Waals surface area contributed by atoms with Crippen molar-refractivity contribution >= 4 is 61.0 Å². The van der Waals surface area contributed by atoms with Gasteiger partial charge >= 0.3 is 16.3 Å². The van der Waals surface area contributed by atoms with Crippen molar-refractivity contribution in [2.45, 2.75) is 51.8 Å². The lowest BCUT2D eigenvalue weighted by Gasteiger charge is -2.41. The number of nitrogen functional groups attached to an aromatic ring is 1. The van der Waals surface area contributed by atoms with Crippen LogP contribution in [0.25, 0.3) is 10.9 Å². The van der Waals surface area contributed by atoms with Crippen molar-refractivity contribution in [2.75, 3.05) is 12.3 Å². The molecule has 3 atom stereocenters. The number of ketones is 1. The van der Waals surface area contributed by atoms with Crippen molar-refractivity contribution in [1.82, 2.24) is 14.0 Å². The van der Waals surface area contributed by atoms with Crippen molar-refractivity contribution < 1.29 is 46.7 Å². The summed E-state index contributed by atoms with van der Waals surface area (Å²) in [5, 5.41) is 15.9. The van der Waals surface area contributed by atoms with E-state index >= 15 is 0 Å². The topological polar surface area (TPSA) is 208 Å². The molecule has 0 aliphatic carbocycles. The van der Waals surface area contributed by atoms with E-state index in [0.29, 0.717) is 5.75 Å². The SMILES string of the molecule is CCCCn1c2ccc(OC[C@H](O/N=C(\C(=O)C[C@@H]3C(=O)N(S(=O)(=O)O)[C@H]3C)c3csc(N)n3)C(=O)O)cc2c[n+]1C. The molecule has 3 aromatic rings. The molecule has 0 saturated carbocycles. The molecular formula is C25H31N6O9S2+. The molecule has 1 aliphatic heterocycles. The van der Waals surface area contributed by atoms with E-state index in [4.69, 9.17) is 15.3 Å². The third-order valence-corrected chi connectivity index (χ3v) is 8.51. The number of carboxylic acids is 1. The molecule has 0 spiro atoms. The molecule has 0 unspecified atom stereocenters. The molecule has 2 aromatic heterocycles. The number of nitrogens with zero attached hydrogens (tertiary/aromatic N) is 5. The number of Topliss-reactive ketones (excluding diaryl/α,β-unsaturated/α-hetero) is 1. The summed E-state index contributed by atoms with van der Waals surface area (Å²) in [6.45, 7) is 3.87. The average Bonchev–Trinajstić information content (AvgIpc) is 3.48. The Morgan fingerprint density at radius 1 is 1.33 bits per heavy atom. The molecule has 15 nitrogen and oxygen atoms in total. The third-order valence-electron chi connectivity index (χ3n) is 6.82. The highest BCUT2D eigenvalue weighted by Crippen LogP contribution is 2.32. The summed E-state index contributed by atoms with van der Waals surface area (Å²) in [6.07, 6.45) is 1.89. The van der Waals surface area contributed by atoms with Gasteiger partial charge in [-0.3, -0.25) is 14.1 Å². The van der Waals surface area contributed by atoms with E-state index in [1.807, 2.05) is 24.0 Å². The van der Waals surface area contributed by atoms with Gasteiger partial charge in [0.2, 0.25) is 12.1 Å². The highest BCUT2D eigenvalue weighted by Gasteiger charge is 2.51. The molecule has 3 heterocycles. The number of carbonyl (C=O) groups excluding carboxylic acids is 2. The Balaban J connectivity index is 1.49. The van der Waals surface area contributed by atoms with Crippen LogP contribution in [-0.2, 0) is 43.1 Å². The van der Waals surface area contributed by atoms with Gasteiger partial charge in [-0.2, -0.15) is 13.1 Å². The summed E-state index contributed by atoms with van der Waals surface area (Å²) in [4.78, 5) is 46.5. The summed E-state index contributed by atoms with van der Waals surface area (Å²) in [5.41, 5.74) is 6.27. The average molecular weight is 624 g/mol. The zero-order valence-corrected chi connectivity index (χ0v) is 24.7. The largest absolute Gasteiger partial charge is 0.489 e. The first-order chi connectivity index (χ1) is 19.8. The van der Waals surface area contributed by atoms with Gasteiger partial charge in [-0.05, 0) is 31.5 Å². The highest BCUT2D eigenvalue weighted by atomic mass is 32.2. The van der Waals surface area contributed by atoms with Gasteiger partial charge in [0.25, 0.3) is 6.10 Å². The molecule has 0 radical (unpaired) electrons. The van der Waals surface area contributed by atoms with Gasteiger partial charge in [0.05, 0.1) is 23.9 Å². The lowest BCUT2D eigenvalue weighted by molar-refractivity contribution is -0.751. The van der Waals surface area contributed by atoms with Crippen LogP contribution in [0.4, 0.5) is 5.13 Å². The van der Waals surface area contributed by atoms with E-state index in [2.05, 4.69) is 21.7 Å². The molecule has 4 N–H and O–H groups in total. The summed E-state index contributed by atoms with van der Waals surface area (Å²) in [6, 6.07) is 4.39. The normalized spacial score (nSPS) is 18.1. The number of ether oxygens (including phenoxy) is 1. The van der Waals surface area contributed by atoms with Gasteiger partial charge in [0, 0.05) is 11.8 Å². The standard InChI is InChI=1S/C25H30N6O9S2/c1-4-5-8-30-19-7-6-16(9-15(19)11-29(30)3)39-12-21(24(34)35)40-28-22(18-13-41-25(26)27-18)20(32)10-17-14(2)31(23(17)33)42(36,37)38/h6-7,9,11,13-14,17,21H,4-5,8,10,12H2,1-3H3,(H3-,26,27,34,35,36,37,38)/p+1/b28-22-/t14-,17-,21-/m0/s1. The zero-order chi connectivity index (χ0) is 30.8. The fraction of sp³-hybridized carbons (Fsp3) is 0.440. The van der Waals surface area contributed by atoms with Gasteiger partial charge in [-0.1, -0.05) is 18.5 Å². The minimum Gasteiger partial charge on any atom is -0.489 e. The molecule has 226 valence electrons. The number of benzene rings is 1. The molecule has 1 aromatic carbocycles. The number of aromatic nitrogens is 3. The third kappa shape index (κ3) is 6.52. The van der Waals surface area contributed by atoms with Crippen LogP contribution in [0.5, 0.6) is 5.75 Å². The van der Waals surface area contributed by atoms with Crippen LogP contribution in [0.1, 0.15) is 38.8 Å². The van der Waals surface area contributed by atoms with Gasteiger partial charge in [-0.15, -0.1) is 16.0 Å². The Hall–Kier alpha value is -4.09. The summed E-state index contributed by atoms with van der Waals surface area (Å²) < 4.78 is 42.0. The summed E-state index contributed by atoms with van der Waals surface area (Å²) in [7, 11) is -2.84. The molecule has 1 amide bonds. The van der Waals surface area contributed by atoms with E-state index in [1.165, 1.54) is 12.3 Å². The molecule has 4 rings (SSSR count). The Morgan fingerprint density at radius 2 is 2.07 bits per heavy atom. The van der Waals surface area contributed by atoms with Gasteiger partial charge < -0.3 is 20.4 Å². The van der Waals surface area contributed by atoms with Crippen LogP contribution >= 0.6 is 11.3 Å². The van der Waals surface area contributed by atoms with Crippen LogP contribution < -0.4 is 15.2 Å². The number of hydrogen-bond donors (Lipinski definition) is 3. The maximum Gasteiger partial charge on any atom is 0.362 e. The van der Waals surface area contributed by atoms with E-state index < -0.39 is 64.8 Å². The van der Waals surface area contributed by atoms with E-state index in [9.17, 15) is 32.5 Å². The number of unbranched alkanes of at least 4 members (excludes halogenated alkanes) is 1. The Bertz CT molecular complexity index is 1650. The number of oxime groups is 1. The molecular weight excluding hydrogens is 592 g/mol. The number of carbonyl (C=O) groups is 3. The van der Waals surface area contributed by atoms with Crippen molar-refractivity contribution in [3.8, 4) is 5.75 Å². The minimum atomic E-state index is -4.77. The number of rotatable bonds is 14. The van der Waals surface area contributed by atoms with Crippen LogP contribution in [0, 0.1) is 5.92 Å². The quantitative estimate of drug-likeness (QED) is 0.0763. The minimum absolute atomic E-state index is 0.00970. The number of aryl methyl sites for hydroxylation is 2. The first-order valence-corrected chi connectivity index (χ1v) is 15.2. The van der Waals surface area contributed by atoms with Gasteiger partial charge in [-0.25, -0.2) is 14.1 Å². The van der Waals surface area contributed by atoms with E-state index in [1.54, 1.807) is 12.1 Å². The van der Waals surface area contributed by atoms with E-state index in [-0.39, 0.29) is 15.1 Å². The second kappa shape index (κ2) is 12.4. The maximum absolute atomic E-state index is 13.1. The van der Waals surface area contributed by atoms with Crippen molar-refractivity contribution in [3.63, 3.8) is 0 Å². The first kappa shape index (κ1) is 30.9. The number of β-lactam (4-membered cyclic amide) rings is 1. The highest BCUT2D eigenvalue weighted by molar-refractivity contribution is 7.84. The van der Waals surface area contributed by atoms with Crippen LogP contribution in [0.15, 0.2) is 34.9 Å².